The van der Waals surface area contributed by atoms with Crippen LogP contribution in [-0.4, -0.2) is 33.2 Å². The van der Waals surface area contributed by atoms with E-state index in [-0.39, 0.29) is 6.03 Å². The molecule has 5 nitrogen and oxygen atoms in total. The zero-order valence-corrected chi connectivity index (χ0v) is 12.2. The van der Waals surface area contributed by atoms with Gasteiger partial charge in [-0.05, 0) is 26.0 Å². The molecule has 0 atom stereocenters. The number of halogens is 2. The summed E-state index contributed by atoms with van der Waals surface area (Å²) in [6.45, 7) is 3.82. The first-order chi connectivity index (χ1) is 8.81. The second-order valence-electron chi connectivity index (χ2n) is 5.05. The van der Waals surface area contributed by atoms with E-state index in [1.807, 2.05) is 13.8 Å². The van der Waals surface area contributed by atoms with Gasteiger partial charge in [0.25, 0.3) is 0 Å². The summed E-state index contributed by atoms with van der Waals surface area (Å²) >= 11 is 12.0. The number of fused-ring (bicyclic) bond motifs is 3. The first kappa shape index (κ1) is 12.6. The summed E-state index contributed by atoms with van der Waals surface area (Å²) in [5.41, 5.74) is 0.780. The Bertz CT molecular complexity index is 707. The number of nitrogens with zero attached hydrogens (tertiary/aromatic N) is 3. The molecular formula is C12H12Cl2N4O. The number of rotatable bonds is 0. The van der Waals surface area contributed by atoms with E-state index in [2.05, 4.69) is 10.3 Å². The number of amides is 1. The fraction of sp³-hybridized carbons (Fsp3) is 0.333. The number of anilines is 1. The Morgan fingerprint density at radius 2 is 1.89 bits per heavy atom. The standard InChI is InChI=1S/C12H12Cl2N4O/c1-12(2)16-10-15-8-4-6(13)7(14)5-9(8)18(10)11(19)17(12)3/h4-5H,1-3H3,(H,15,16). The van der Waals surface area contributed by atoms with Gasteiger partial charge in [0.05, 0.1) is 21.1 Å². The van der Waals surface area contributed by atoms with Gasteiger partial charge in [-0.15, -0.1) is 0 Å². The number of nitrogens with one attached hydrogen (secondary N) is 1. The molecule has 1 amide bonds. The summed E-state index contributed by atoms with van der Waals surface area (Å²) in [7, 11) is 1.74. The van der Waals surface area contributed by atoms with Crippen LogP contribution in [0.1, 0.15) is 13.8 Å². The highest BCUT2D eigenvalue weighted by molar-refractivity contribution is 6.42. The number of imidazole rings is 1. The van der Waals surface area contributed by atoms with Crippen molar-refractivity contribution in [2.24, 2.45) is 0 Å². The van der Waals surface area contributed by atoms with Crippen LogP contribution in [0.2, 0.25) is 10.0 Å². The first-order valence-corrected chi connectivity index (χ1v) is 6.51. The van der Waals surface area contributed by atoms with Crippen molar-refractivity contribution in [3.63, 3.8) is 0 Å². The van der Waals surface area contributed by atoms with E-state index in [1.165, 1.54) is 4.57 Å². The molecule has 0 saturated heterocycles. The molecule has 19 heavy (non-hydrogen) atoms. The molecule has 3 rings (SSSR count). The number of benzene rings is 1. The molecular weight excluding hydrogens is 287 g/mol. The number of carbonyl (C=O) groups excluding carboxylic acids is 1. The quantitative estimate of drug-likeness (QED) is 0.811. The molecule has 0 fully saturated rings. The van der Waals surface area contributed by atoms with Crippen LogP contribution in [0.25, 0.3) is 11.0 Å². The van der Waals surface area contributed by atoms with Crippen LogP contribution < -0.4 is 5.32 Å². The summed E-state index contributed by atoms with van der Waals surface area (Å²) in [5, 5.41) is 4.04. The first-order valence-electron chi connectivity index (χ1n) is 5.75. The zero-order chi connectivity index (χ0) is 13.9. The van der Waals surface area contributed by atoms with Crippen LogP contribution >= 0.6 is 23.2 Å². The van der Waals surface area contributed by atoms with Gasteiger partial charge in [-0.1, -0.05) is 23.2 Å². The molecule has 1 aliphatic rings. The summed E-state index contributed by atoms with van der Waals surface area (Å²) in [5.74, 6) is 0.501. The molecule has 0 unspecified atom stereocenters. The Labute approximate surface area is 120 Å². The average Bonchev–Trinajstić information content (AvgIpc) is 2.63. The zero-order valence-electron chi connectivity index (χ0n) is 10.7. The maximum Gasteiger partial charge on any atom is 0.333 e. The third kappa shape index (κ3) is 1.69. The average molecular weight is 299 g/mol. The number of carbonyl (C=O) groups is 1. The number of hydrogen-bond acceptors (Lipinski definition) is 3. The molecule has 2 aromatic rings. The van der Waals surface area contributed by atoms with Crippen molar-refractivity contribution in [2.75, 3.05) is 12.4 Å². The minimum absolute atomic E-state index is 0.153. The summed E-state index contributed by atoms with van der Waals surface area (Å²) in [6.07, 6.45) is 0. The van der Waals surface area contributed by atoms with Crippen molar-refractivity contribution in [1.82, 2.24) is 14.5 Å². The Kier molecular flexibility index (Phi) is 2.50. The van der Waals surface area contributed by atoms with E-state index >= 15 is 0 Å². The largest absolute Gasteiger partial charge is 0.333 e. The van der Waals surface area contributed by atoms with Crippen molar-refractivity contribution >= 4 is 46.2 Å². The second-order valence-corrected chi connectivity index (χ2v) is 5.87. The van der Waals surface area contributed by atoms with Crippen LogP contribution in [0.5, 0.6) is 0 Å². The van der Waals surface area contributed by atoms with E-state index in [1.54, 1.807) is 24.1 Å². The Balaban J connectivity index is 2.32. The van der Waals surface area contributed by atoms with Gasteiger partial charge < -0.3 is 10.2 Å². The van der Waals surface area contributed by atoms with Gasteiger partial charge in [0.1, 0.15) is 5.66 Å². The van der Waals surface area contributed by atoms with Crippen LogP contribution in [-0.2, 0) is 0 Å². The molecule has 1 aromatic heterocycles. The lowest BCUT2D eigenvalue weighted by Gasteiger charge is -2.40. The molecule has 7 heteroatoms. The Morgan fingerprint density at radius 1 is 1.26 bits per heavy atom. The third-order valence-electron chi connectivity index (χ3n) is 3.43. The lowest BCUT2D eigenvalue weighted by molar-refractivity contribution is 0.164. The summed E-state index contributed by atoms with van der Waals surface area (Å²) in [6, 6.07) is 3.16. The van der Waals surface area contributed by atoms with Crippen molar-refractivity contribution in [1.29, 1.82) is 0 Å². The highest BCUT2D eigenvalue weighted by Crippen LogP contribution is 2.33. The monoisotopic (exact) mass is 298 g/mol. The SMILES string of the molecule is CN1C(=O)n2c(nc3cc(Cl)c(Cl)cc32)NC1(C)C. The molecule has 1 aromatic carbocycles. The van der Waals surface area contributed by atoms with Gasteiger partial charge >= 0.3 is 6.03 Å². The molecule has 0 aliphatic carbocycles. The molecule has 100 valence electrons. The second kappa shape index (κ2) is 3.77. The molecule has 0 saturated carbocycles. The van der Waals surface area contributed by atoms with Gasteiger partial charge in [-0.2, -0.15) is 0 Å². The van der Waals surface area contributed by atoms with E-state index < -0.39 is 5.66 Å². The normalized spacial score (nSPS) is 17.5. The topological polar surface area (TPSA) is 50.2 Å². The van der Waals surface area contributed by atoms with Gasteiger partial charge in [0.2, 0.25) is 5.95 Å². The predicted molar refractivity (Wildman–Crippen MR) is 76.0 cm³/mol. The van der Waals surface area contributed by atoms with Gasteiger partial charge in [-0.3, -0.25) is 0 Å². The lowest BCUT2D eigenvalue weighted by atomic mass is 10.2. The molecule has 1 aliphatic heterocycles. The van der Waals surface area contributed by atoms with Gasteiger partial charge in [-0.25, -0.2) is 14.3 Å². The van der Waals surface area contributed by atoms with Crippen LogP contribution in [0.3, 0.4) is 0 Å². The molecule has 2 heterocycles. The van der Waals surface area contributed by atoms with E-state index in [0.717, 1.165) is 0 Å². The van der Waals surface area contributed by atoms with Crippen molar-refractivity contribution in [3.05, 3.63) is 22.2 Å². The Hall–Kier alpha value is -1.46. The van der Waals surface area contributed by atoms with E-state index in [9.17, 15) is 4.79 Å². The third-order valence-corrected chi connectivity index (χ3v) is 4.15. The van der Waals surface area contributed by atoms with Crippen molar-refractivity contribution in [2.45, 2.75) is 19.5 Å². The molecule has 0 spiro atoms. The van der Waals surface area contributed by atoms with E-state index in [4.69, 9.17) is 23.2 Å². The van der Waals surface area contributed by atoms with Gasteiger partial charge in [0, 0.05) is 7.05 Å². The molecule has 0 radical (unpaired) electrons. The minimum Gasteiger partial charge on any atom is -0.333 e. The number of aromatic nitrogens is 2. The smallest absolute Gasteiger partial charge is 0.333 e. The van der Waals surface area contributed by atoms with Gasteiger partial charge in [0.15, 0.2) is 0 Å². The highest BCUT2D eigenvalue weighted by Gasteiger charge is 2.37. The maximum atomic E-state index is 12.4. The summed E-state index contributed by atoms with van der Waals surface area (Å²) < 4.78 is 1.50. The highest BCUT2D eigenvalue weighted by atomic mass is 35.5. The van der Waals surface area contributed by atoms with Crippen LogP contribution in [0, 0.1) is 0 Å². The van der Waals surface area contributed by atoms with Crippen molar-refractivity contribution < 1.29 is 4.79 Å². The number of hydrogen-bond donors (Lipinski definition) is 1. The predicted octanol–water partition coefficient (Wildman–Crippen LogP) is 3.40. The summed E-state index contributed by atoms with van der Waals surface area (Å²) in [4.78, 5) is 18.4. The minimum atomic E-state index is -0.498. The molecule has 1 N–H and O–H groups in total. The maximum absolute atomic E-state index is 12.4. The molecule has 0 bridgehead atoms. The van der Waals surface area contributed by atoms with Crippen LogP contribution in [0.15, 0.2) is 12.1 Å². The Morgan fingerprint density at radius 3 is 2.58 bits per heavy atom. The lowest BCUT2D eigenvalue weighted by Crippen LogP contribution is -2.56. The fourth-order valence-corrected chi connectivity index (χ4v) is 2.41. The fourth-order valence-electron chi connectivity index (χ4n) is 2.10. The van der Waals surface area contributed by atoms with E-state index in [0.29, 0.717) is 27.0 Å². The van der Waals surface area contributed by atoms with Crippen molar-refractivity contribution in [3.8, 4) is 0 Å². The van der Waals surface area contributed by atoms with Crippen LogP contribution in [0.4, 0.5) is 10.7 Å².